The molecule has 1 unspecified atom stereocenters. The van der Waals surface area contributed by atoms with E-state index < -0.39 is 23.7 Å². The number of carbonyl (C=O) groups excluding carboxylic acids is 1. The lowest BCUT2D eigenvalue weighted by atomic mass is 10.1. The van der Waals surface area contributed by atoms with Crippen LogP contribution in [0.25, 0.3) is 0 Å². The molecule has 0 spiro atoms. The van der Waals surface area contributed by atoms with Gasteiger partial charge in [0.15, 0.2) is 0 Å². The summed E-state index contributed by atoms with van der Waals surface area (Å²) in [6.07, 6.45) is -2.76. The first-order valence-corrected chi connectivity index (χ1v) is 8.17. The van der Waals surface area contributed by atoms with E-state index in [9.17, 15) is 18.0 Å². The molecule has 1 N–H and O–H groups in total. The molecule has 1 heterocycles. The third kappa shape index (κ3) is 5.51. The SMILES string of the molecule is [CH2]CC(COc1cnc(Cl)c(Cl)c1)NC(=O)c1ccc(C(F)(F)F)cc1. The fourth-order valence-corrected chi connectivity index (χ4v) is 2.22. The van der Waals surface area contributed by atoms with Crippen LogP contribution in [0.2, 0.25) is 10.2 Å². The highest BCUT2D eigenvalue weighted by Gasteiger charge is 2.30. The number of hydrogen-bond donors (Lipinski definition) is 1. The molecule has 2 rings (SSSR count). The Hall–Kier alpha value is -1.99. The summed E-state index contributed by atoms with van der Waals surface area (Å²) in [7, 11) is 0. The van der Waals surface area contributed by atoms with Crippen molar-refractivity contribution in [2.75, 3.05) is 6.61 Å². The molecular weight excluding hydrogens is 392 g/mol. The van der Waals surface area contributed by atoms with Crippen molar-refractivity contribution in [1.29, 1.82) is 0 Å². The second-order valence-electron chi connectivity index (χ2n) is 5.29. The molecule has 1 aromatic heterocycles. The molecule has 4 nitrogen and oxygen atoms in total. The number of alkyl halides is 3. The van der Waals surface area contributed by atoms with Crippen molar-refractivity contribution >= 4 is 29.1 Å². The van der Waals surface area contributed by atoms with Crippen LogP contribution < -0.4 is 10.1 Å². The summed E-state index contributed by atoms with van der Waals surface area (Å²) in [5.41, 5.74) is -0.717. The van der Waals surface area contributed by atoms with Crippen LogP contribution in [0.1, 0.15) is 22.3 Å². The Bertz CT molecular complexity index is 768. The minimum Gasteiger partial charge on any atom is -0.490 e. The molecule has 2 aromatic rings. The quantitative estimate of drug-likeness (QED) is 0.701. The van der Waals surface area contributed by atoms with Crippen LogP contribution in [0.15, 0.2) is 36.5 Å². The molecule has 1 radical (unpaired) electrons. The average molecular weight is 406 g/mol. The Labute approximate surface area is 158 Å². The fraction of sp³-hybridized carbons (Fsp3) is 0.235. The van der Waals surface area contributed by atoms with Gasteiger partial charge in [0.05, 0.1) is 22.8 Å². The Kier molecular flexibility index (Phi) is 6.72. The van der Waals surface area contributed by atoms with Crippen molar-refractivity contribution in [3.05, 3.63) is 64.8 Å². The Balaban J connectivity index is 1.96. The second kappa shape index (κ2) is 8.60. The topological polar surface area (TPSA) is 51.2 Å². The molecule has 0 aliphatic heterocycles. The van der Waals surface area contributed by atoms with Gasteiger partial charge in [0.25, 0.3) is 5.91 Å². The highest BCUT2D eigenvalue weighted by atomic mass is 35.5. The molecule has 1 amide bonds. The number of benzene rings is 1. The number of amides is 1. The van der Waals surface area contributed by atoms with E-state index in [1.165, 1.54) is 12.3 Å². The van der Waals surface area contributed by atoms with E-state index >= 15 is 0 Å². The van der Waals surface area contributed by atoms with Gasteiger partial charge in [0.1, 0.15) is 17.5 Å². The first kappa shape index (κ1) is 20.3. The van der Waals surface area contributed by atoms with Crippen LogP contribution in [0.3, 0.4) is 0 Å². The van der Waals surface area contributed by atoms with Crippen LogP contribution in [0.4, 0.5) is 13.2 Å². The first-order valence-electron chi connectivity index (χ1n) is 7.42. The standard InChI is InChI=1S/C17H14Cl2F3N2O2/c1-2-12(9-26-13-7-14(18)15(19)23-8-13)24-16(25)10-3-5-11(6-4-10)17(20,21)22/h3-8,12H,1-2,9H2,(H,24,25). The van der Waals surface area contributed by atoms with Gasteiger partial charge in [-0.15, -0.1) is 0 Å². The van der Waals surface area contributed by atoms with Gasteiger partial charge in [-0.1, -0.05) is 30.1 Å². The minimum atomic E-state index is -4.45. The molecule has 1 atom stereocenters. The van der Waals surface area contributed by atoms with Gasteiger partial charge in [-0.3, -0.25) is 4.79 Å². The molecule has 0 saturated carbocycles. The lowest BCUT2D eigenvalue weighted by Gasteiger charge is -2.18. The zero-order valence-corrected chi connectivity index (χ0v) is 14.8. The molecule has 139 valence electrons. The predicted octanol–water partition coefficient (Wildman–Crippen LogP) is 4.81. The van der Waals surface area contributed by atoms with Gasteiger partial charge in [0.2, 0.25) is 0 Å². The van der Waals surface area contributed by atoms with Gasteiger partial charge >= 0.3 is 6.18 Å². The summed E-state index contributed by atoms with van der Waals surface area (Å²) in [6.45, 7) is 3.80. The number of carbonyl (C=O) groups is 1. The van der Waals surface area contributed by atoms with E-state index in [0.29, 0.717) is 12.2 Å². The van der Waals surface area contributed by atoms with Crippen LogP contribution in [0.5, 0.6) is 5.75 Å². The maximum absolute atomic E-state index is 12.6. The maximum Gasteiger partial charge on any atom is 0.416 e. The zero-order valence-electron chi connectivity index (χ0n) is 13.3. The van der Waals surface area contributed by atoms with Crippen molar-refractivity contribution in [2.24, 2.45) is 0 Å². The van der Waals surface area contributed by atoms with E-state index in [0.717, 1.165) is 24.3 Å². The number of ether oxygens (including phenoxy) is 1. The van der Waals surface area contributed by atoms with Crippen molar-refractivity contribution in [3.63, 3.8) is 0 Å². The monoisotopic (exact) mass is 405 g/mol. The number of nitrogens with one attached hydrogen (secondary N) is 1. The normalized spacial score (nSPS) is 12.5. The minimum absolute atomic E-state index is 0.0789. The lowest BCUT2D eigenvalue weighted by molar-refractivity contribution is -0.137. The average Bonchev–Trinajstić information content (AvgIpc) is 2.60. The number of aromatic nitrogens is 1. The summed E-state index contributed by atoms with van der Waals surface area (Å²) < 4.78 is 43.1. The number of rotatable bonds is 6. The van der Waals surface area contributed by atoms with Crippen LogP contribution in [-0.4, -0.2) is 23.5 Å². The summed E-state index contributed by atoms with van der Waals surface area (Å²) >= 11 is 11.5. The van der Waals surface area contributed by atoms with Gasteiger partial charge < -0.3 is 10.1 Å². The largest absolute Gasteiger partial charge is 0.490 e. The Morgan fingerprint density at radius 2 is 1.92 bits per heavy atom. The summed E-state index contributed by atoms with van der Waals surface area (Å²) in [5.74, 6) is -0.162. The van der Waals surface area contributed by atoms with Crippen LogP contribution in [-0.2, 0) is 6.18 Å². The summed E-state index contributed by atoms with van der Waals surface area (Å²) in [4.78, 5) is 16.0. The Morgan fingerprint density at radius 1 is 1.27 bits per heavy atom. The highest BCUT2D eigenvalue weighted by Crippen LogP contribution is 2.29. The smallest absolute Gasteiger partial charge is 0.416 e. The highest BCUT2D eigenvalue weighted by molar-refractivity contribution is 6.41. The molecular formula is C17H14Cl2F3N2O2. The number of nitrogens with zero attached hydrogens (tertiary/aromatic N) is 1. The van der Waals surface area contributed by atoms with Crippen molar-refractivity contribution in [2.45, 2.75) is 18.6 Å². The number of pyridine rings is 1. The molecule has 1 aromatic carbocycles. The molecule has 0 aliphatic carbocycles. The van der Waals surface area contributed by atoms with Crippen molar-refractivity contribution < 1.29 is 22.7 Å². The van der Waals surface area contributed by atoms with Crippen LogP contribution >= 0.6 is 23.2 Å². The first-order chi connectivity index (χ1) is 12.2. The molecule has 0 fully saturated rings. The predicted molar refractivity (Wildman–Crippen MR) is 92.4 cm³/mol. The van der Waals surface area contributed by atoms with E-state index in [-0.39, 0.29) is 22.3 Å². The van der Waals surface area contributed by atoms with E-state index in [1.54, 1.807) is 0 Å². The third-order valence-corrected chi connectivity index (χ3v) is 4.07. The lowest BCUT2D eigenvalue weighted by Crippen LogP contribution is -2.38. The molecule has 26 heavy (non-hydrogen) atoms. The third-order valence-electron chi connectivity index (χ3n) is 3.38. The summed E-state index contributed by atoms with van der Waals surface area (Å²) in [5, 5.41) is 3.02. The fourth-order valence-electron chi connectivity index (χ4n) is 1.96. The second-order valence-corrected chi connectivity index (χ2v) is 6.05. The van der Waals surface area contributed by atoms with Gasteiger partial charge in [-0.05, 0) is 30.7 Å². The van der Waals surface area contributed by atoms with E-state index in [1.807, 2.05) is 0 Å². The zero-order chi connectivity index (χ0) is 19.3. The number of halogens is 5. The van der Waals surface area contributed by atoms with E-state index in [2.05, 4.69) is 17.2 Å². The molecule has 9 heteroatoms. The van der Waals surface area contributed by atoms with Crippen LogP contribution in [0, 0.1) is 6.92 Å². The Morgan fingerprint density at radius 3 is 2.46 bits per heavy atom. The van der Waals surface area contributed by atoms with E-state index in [4.69, 9.17) is 27.9 Å². The van der Waals surface area contributed by atoms with Crippen molar-refractivity contribution in [1.82, 2.24) is 10.3 Å². The van der Waals surface area contributed by atoms with Gasteiger partial charge in [-0.2, -0.15) is 13.2 Å². The molecule has 0 saturated heterocycles. The van der Waals surface area contributed by atoms with Gasteiger partial charge in [-0.25, -0.2) is 4.98 Å². The molecule has 0 aliphatic rings. The maximum atomic E-state index is 12.6. The summed E-state index contributed by atoms with van der Waals surface area (Å²) in [6, 6.07) is 4.95. The van der Waals surface area contributed by atoms with Gasteiger partial charge in [0, 0.05) is 11.6 Å². The molecule has 0 bridgehead atoms. The van der Waals surface area contributed by atoms with Crippen molar-refractivity contribution in [3.8, 4) is 5.75 Å². The number of hydrogen-bond acceptors (Lipinski definition) is 3.